The van der Waals surface area contributed by atoms with E-state index in [4.69, 9.17) is 18.9 Å². The third kappa shape index (κ3) is 5.13. The first-order chi connectivity index (χ1) is 12.6. The molecule has 2 aromatic carbocycles. The van der Waals surface area contributed by atoms with Gasteiger partial charge in [-0.05, 0) is 45.0 Å². The van der Waals surface area contributed by atoms with E-state index in [1.807, 2.05) is 0 Å². The molecule has 0 aliphatic carbocycles. The maximum Gasteiger partial charge on any atom is 0.514 e. The number of phenolic OH excluding ortho intramolecular Hbond substituents is 1. The van der Waals surface area contributed by atoms with Crippen LogP contribution in [0.15, 0.2) is 36.4 Å². The minimum atomic E-state index is -0.955. The molecule has 0 aliphatic rings. The quantitative estimate of drug-likeness (QED) is 0.481. The van der Waals surface area contributed by atoms with Gasteiger partial charge in [0.2, 0.25) is 5.78 Å². The molecular formula is C20H22O7. The first kappa shape index (κ1) is 20.1. The fraction of sp³-hybridized carbons (Fsp3) is 0.300. The molecule has 0 radical (unpaired) electrons. The summed E-state index contributed by atoms with van der Waals surface area (Å²) in [6.07, 6.45) is -0.955. The standard InChI is InChI=1S/C20H22O7/c1-20(2,3)27-19(23)26-17-11-13(25-5)7-9-15(17)18(22)14-8-6-12(24-4)10-16(14)21/h6-11,21H,1-5H3. The van der Waals surface area contributed by atoms with Crippen LogP contribution in [0.25, 0.3) is 0 Å². The highest BCUT2D eigenvalue weighted by atomic mass is 16.7. The summed E-state index contributed by atoms with van der Waals surface area (Å²) in [6.45, 7) is 5.09. The lowest BCUT2D eigenvalue weighted by Gasteiger charge is -2.19. The van der Waals surface area contributed by atoms with E-state index in [0.717, 1.165) is 0 Å². The number of phenols is 1. The van der Waals surface area contributed by atoms with Crippen LogP contribution in [-0.4, -0.2) is 36.9 Å². The largest absolute Gasteiger partial charge is 0.514 e. The lowest BCUT2D eigenvalue weighted by molar-refractivity contribution is 0.0205. The number of ketones is 1. The van der Waals surface area contributed by atoms with Crippen molar-refractivity contribution in [3.63, 3.8) is 0 Å². The monoisotopic (exact) mass is 374 g/mol. The van der Waals surface area contributed by atoms with Gasteiger partial charge in [0.15, 0.2) is 0 Å². The predicted molar refractivity (Wildman–Crippen MR) is 97.9 cm³/mol. The molecule has 144 valence electrons. The lowest BCUT2D eigenvalue weighted by Crippen LogP contribution is -2.26. The highest BCUT2D eigenvalue weighted by molar-refractivity contribution is 6.12. The summed E-state index contributed by atoms with van der Waals surface area (Å²) in [4.78, 5) is 24.9. The van der Waals surface area contributed by atoms with Crippen LogP contribution in [0, 0.1) is 0 Å². The fourth-order valence-electron chi connectivity index (χ4n) is 2.24. The highest BCUT2D eigenvalue weighted by Gasteiger charge is 2.23. The second-order valence-corrected chi connectivity index (χ2v) is 6.64. The van der Waals surface area contributed by atoms with Gasteiger partial charge in [-0.2, -0.15) is 0 Å². The van der Waals surface area contributed by atoms with Crippen LogP contribution in [0.5, 0.6) is 23.0 Å². The highest BCUT2D eigenvalue weighted by Crippen LogP contribution is 2.31. The van der Waals surface area contributed by atoms with E-state index in [0.29, 0.717) is 11.5 Å². The Bertz CT molecular complexity index is 850. The summed E-state index contributed by atoms with van der Waals surface area (Å²) in [7, 11) is 2.90. The van der Waals surface area contributed by atoms with Crippen molar-refractivity contribution in [1.82, 2.24) is 0 Å². The van der Waals surface area contributed by atoms with E-state index in [1.165, 1.54) is 38.5 Å². The molecule has 0 saturated carbocycles. The minimum Gasteiger partial charge on any atom is -0.507 e. The summed E-state index contributed by atoms with van der Waals surface area (Å²) in [5, 5.41) is 10.1. The Morgan fingerprint density at radius 1 is 0.889 bits per heavy atom. The number of aromatic hydroxyl groups is 1. The van der Waals surface area contributed by atoms with Crippen LogP contribution >= 0.6 is 0 Å². The molecule has 0 spiro atoms. The van der Waals surface area contributed by atoms with E-state index < -0.39 is 17.5 Å². The molecule has 7 heteroatoms. The smallest absolute Gasteiger partial charge is 0.507 e. The summed E-state index contributed by atoms with van der Waals surface area (Å²) >= 11 is 0. The number of ether oxygens (including phenoxy) is 4. The molecule has 2 rings (SSSR count). The van der Waals surface area contributed by atoms with Gasteiger partial charge in [0.1, 0.15) is 28.6 Å². The van der Waals surface area contributed by atoms with Gasteiger partial charge in [0.25, 0.3) is 0 Å². The van der Waals surface area contributed by atoms with Crippen LogP contribution in [0.4, 0.5) is 4.79 Å². The molecular weight excluding hydrogens is 352 g/mol. The van der Waals surface area contributed by atoms with Crippen molar-refractivity contribution >= 4 is 11.9 Å². The molecule has 0 amide bonds. The molecule has 27 heavy (non-hydrogen) atoms. The number of hydrogen-bond acceptors (Lipinski definition) is 7. The Hall–Kier alpha value is -3.22. The molecule has 1 N–H and O–H groups in total. The van der Waals surface area contributed by atoms with Gasteiger partial charge in [0.05, 0.1) is 25.3 Å². The van der Waals surface area contributed by atoms with Crippen molar-refractivity contribution in [3.05, 3.63) is 47.5 Å². The maximum absolute atomic E-state index is 12.9. The maximum atomic E-state index is 12.9. The van der Waals surface area contributed by atoms with Gasteiger partial charge in [-0.25, -0.2) is 4.79 Å². The first-order valence-corrected chi connectivity index (χ1v) is 8.15. The second-order valence-electron chi connectivity index (χ2n) is 6.64. The molecule has 7 nitrogen and oxygen atoms in total. The zero-order valence-electron chi connectivity index (χ0n) is 15.9. The lowest BCUT2D eigenvalue weighted by atomic mass is 10.0. The van der Waals surface area contributed by atoms with E-state index in [-0.39, 0.29) is 22.6 Å². The zero-order chi connectivity index (χ0) is 20.2. The second kappa shape index (κ2) is 7.99. The van der Waals surface area contributed by atoms with Crippen molar-refractivity contribution < 1.29 is 33.6 Å². The van der Waals surface area contributed by atoms with E-state index in [2.05, 4.69) is 0 Å². The Morgan fingerprint density at radius 3 is 1.96 bits per heavy atom. The Balaban J connectivity index is 2.41. The third-order valence-electron chi connectivity index (χ3n) is 3.47. The van der Waals surface area contributed by atoms with Crippen molar-refractivity contribution in [1.29, 1.82) is 0 Å². The number of carbonyl (C=O) groups excluding carboxylic acids is 2. The van der Waals surface area contributed by atoms with E-state index in [1.54, 1.807) is 32.9 Å². The third-order valence-corrected chi connectivity index (χ3v) is 3.47. The number of methoxy groups -OCH3 is 2. The topological polar surface area (TPSA) is 91.3 Å². The van der Waals surface area contributed by atoms with Crippen LogP contribution in [0.2, 0.25) is 0 Å². The number of benzene rings is 2. The molecule has 0 atom stereocenters. The molecule has 0 aromatic heterocycles. The summed E-state index contributed by atoms with van der Waals surface area (Å²) < 4.78 is 20.5. The Morgan fingerprint density at radius 2 is 1.44 bits per heavy atom. The fourth-order valence-corrected chi connectivity index (χ4v) is 2.24. The molecule has 0 unspecified atom stereocenters. The molecule has 0 heterocycles. The van der Waals surface area contributed by atoms with Crippen molar-refractivity contribution in [2.45, 2.75) is 26.4 Å². The molecule has 0 saturated heterocycles. The van der Waals surface area contributed by atoms with Gasteiger partial charge in [-0.3, -0.25) is 4.79 Å². The average Bonchev–Trinajstić information content (AvgIpc) is 2.59. The average molecular weight is 374 g/mol. The van der Waals surface area contributed by atoms with Gasteiger partial charge >= 0.3 is 6.16 Å². The van der Waals surface area contributed by atoms with Gasteiger partial charge < -0.3 is 24.1 Å². The zero-order valence-corrected chi connectivity index (χ0v) is 15.9. The number of carbonyl (C=O) groups is 2. The first-order valence-electron chi connectivity index (χ1n) is 8.15. The van der Waals surface area contributed by atoms with Crippen molar-refractivity contribution in [3.8, 4) is 23.0 Å². The van der Waals surface area contributed by atoms with Crippen molar-refractivity contribution in [2.24, 2.45) is 0 Å². The predicted octanol–water partition coefficient (Wildman–Crippen LogP) is 3.95. The summed E-state index contributed by atoms with van der Waals surface area (Å²) in [5.41, 5.74) is -0.647. The Labute approximate surface area is 157 Å². The summed E-state index contributed by atoms with van der Waals surface area (Å²) in [6, 6.07) is 8.70. The molecule has 0 fully saturated rings. The van der Waals surface area contributed by atoms with Crippen LogP contribution in [-0.2, 0) is 4.74 Å². The van der Waals surface area contributed by atoms with Crippen LogP contribution in [0.3, 0.4) is 0 Å². The van der Waals surface area contributed by atoms with Gasteiger partial charge in [0, 0.05) is 12.1 Å². The number of hydrogen-bond donors (Lipinski definition) is 1. The minimum absolute atomic E-state index is 0.0370. The normalized spacial score (nSPS) is 10.9. The molecule has 0 aliphatic heterocycles. The van der Waals surface area contributed by atoms with E-state index in [9.17, 15) is 14.7 Å². The van der Waals surface area contributed by atoms with Gasteiger partial charge in [-0.15, -0.1) is 0 Å². The molecule has 2 aromatic rings. The Kier molecular flexibility index (Phi) is 5.95. The van der Waals surface area contributed by atoms with Crippen LogP contribution in [0.1, 0.15) is 36.7 Å². The van der Waals surface area contributed by atoms with Gasteiger partial charge in [-0.1, -0.05) is 0 Å². The van der Waals surface area contributed by atoms with Crippen molar-refractivity contribution in [2.75, 3.05) is 14.2 Å². The summed E-state index contributed by atoms with van der Waals surface area (Å²) in [5.74, 6) is -0.0216. The molecule has 0 bridgehead atoms. The SMILES string of the molecule is COc1ccc(C(=O)c2ccc(OC)cc2OC(=O)OC(C)(C)C)c(O)c1. The van der Waals surface area contributed by atoms with Crippen LogP contribution < -0.4 is 14.2 Å². The number of rotatable bonds is 5. The van der Waals surface area contributed by atoms with E-state index >= 15 is 0 Å².